The molecule has 1 aromatic carbocycles. The van der Waals surface area contributed by atoms with Crippen molar-refractivity contribution in [3.8, 4) is 6.07 Å². The summed E-state index contributed by atoms with van der Waals surface area (Å²) in [6.07, 6.45) is 7.36. The summed E-state index contributed by atoms with van der Waals surface area (Å²) in [5.41, 5.74) is 9.29. The normalized spacial score (nSPS) is 22.9. The SMILES string of the molecule is CC1(C)CC(=O)C2=C(C1)N(c1nnc(SC3CCCCC3)s1)C(N)=C(C#N)C2c1ccc(Br)cc1. The summed E-state index contributed by atoms with van der Waals surface area (Å²) in [6.45, 7) is 4.21. The third-order valence-corrected chi connectivity index (χ3v) is 9.85. The Kier molecular flexibility index (Phi) is 6.81. The van der Waals surface area contributed by atoms with Gasteiger partial charge in [-0.3, -0.25) is 9.69 Å². The van der Waals surface area contributed by atoms with E-state index in [-0.39, 0.29) is 11.2 Å². The lowest BCUT2D eigenvalue weighted by Gasteiger charge is -2.42. The molecule has 182 valence electrons. The first-order valence-corrected chi connectivity index (χ1v) is 14.5. The fourth-order valence-electron chi connectivity index (χ4n) is 5.38. The number of Topliss-reactive ketones (excluding diaryl/α,β-unsaturated/α-hetero) is 1. The molecule has 35 heavy (non-hydrogen) atoms. The Morgan fingerprint density at radius 2 is 1.89 bits per heavy atom. The number of hydrogen-bond donors (Lipinski definition) is 1. The van der Waals surface area contributed by atoms with E-state index in [0.717, 1.165) is 20.1 Å². The van der Waals surface area contributed by atoms with Gasteiger partial charge in [0.2, 0.25) is 5.13 Å². The van der Waals surface area contributed by atoms with Crippen LogP contribution >= 0.6 is 39.0 Å². The van der Waals surface area contributed by atoms with Gasteiger partial charge in [0.25, 0.3) is 0 Å². The highest BCUT2D eigenvalue weighted by Gasteiger charge is 2.45. The molecule has 1 saturated carbocycles. The molecule has 0 saturated heterocycles. The average molecular weight is 571 g/mol. The van der Waals surface area contributed by atoms with Crippen molar-refractivity contribution in [1.29, 1.82) is 5.26 Å². The first-order chi connectivity index (χ1) is 16.8. The summed E-state index contributed by atoms with van der Waals surface area (Å²) in [4.78, 5) is 15.4. The van der Waals surface area contributed by atoms with Gasteiger partial charge in [-0.1, -0.05) is 84.3 Å². The second kappa shape index (κ2) is 9.72. The highest BCUT2D eigenvalue weighted by Crippen LogP contribution is 2.51. The summed E-state index contributed by atoms with van der Waals surface area (Å²) in [7, 11) is 0. The Bertz CT molecular complexity index is 1250. The van der Waals surface area contributed by atoms with Crippen molar-refractivity contribution in [2.45, 2.75) is 74.3 Å². The summed E-state index contributed by atoms with van der Waals surface area (Å²) < 4.78 is 1.85. The predicted molar refractivity (Wildman–Crippen MR) is 144 cm³/mol. The Labute approximate surface area is 222 Å². The minimum atomic E-state index is -0.480. The molecule has 2 heterocycles. The number of allylic oxidation sites excluding steroid dienone is 3. The van der Waals surface area contributed by atoms with Gasteiger partial charge in [-0.05, 0) is 42.4 Å². The summed E-state index contributed by atoms with van der Waals surface area (Å²) >= 11 is 6.77. The molecular weight excluding hydrogens is 542 g/mol. The lowest BCUT2D eigenvalue weighted by atomic mass is 9.69. The standard InChI is InChI=1S/C26H28BrN5OS2/c1-26(2)12-19-22(20(33)13-26)21(15-8-10-16(27)11-9-15)18(14-28)23(29)32(19)24-30-31-25(35-24)34-17-6-4-3-5-7-17/h8-11,17,21H,3-7,12-13,29H2,1-2H3. The van der Waals surface area contributed by atoms with Crippen LogP contribution in [0.1, 0.15) is 70.3 Å². The van der Waals surface area contributed by atoms with Crippen molar-refractivity contribution >= 4 is 49.9 Å². The van der Waals surface area contributed by atoms with E-state index in [9.17, 15) is 10.1 Å². The van der Waals surface area contributed by atoms with E-state index in [4.69, 9.17) is 5.73 Å². The third-order valence-electron chi connectivity index (χ3n) is 6.99. The van der Waals surface area contributed by atoms with Gasteiger partial charge in [0.1, 0.15) is 5.82 Å². The minimum Gasteiger partial charge on any atom is -0.384 e. The number of nitrogens with zero attached hydrogens (tertiary/aromatic N) is 4. The topological polar surface area (TPSA) is 95.9 Å². The average Bonchev–Trinajstić information content (AvgIpc) is 3.26. The van der Waals surface area contributed by atoms with E-state index in [0.29, 0.717) is 40.2 Å². The molecule has 1 aromatic heterocycles. The second-order valence-corrected chi connectivity index (χ2v) is 13.7. The van der Waals surface area contributed by atoms with Crippen molar-refractivity contribution in [1.82, 2.24) is 10.2 Å². The molecule has 0 bridgehead atoms. The van der Waals surface area contributed by atoms with Gasteiger partial charge in [-0.2, -0.15) is 5.26 Å². The van der Waals surface area contributed by atoms with Crippen molar-refractivity contribution in [2.24, 2.45) is 11.1 Å². The van der Waals surface area contributed by atoms with Gasteiger partial charge in [-0.15, -0.1) is 10.2 Å². The van der Waals surface area contributed by atoms with Crippen LogP contribution in [-0.4, -0.2) is 21.2 Å². The predicted octanol–water partition coefficient (Wildman–Crippen LogP) is 6.67. The van der Waals surface area contributed by atoms with Gasteiger partial charge < -0.3 is 5.73 Å². The molecule has 2 aliphatic carbocycles. The molecule has 1 aliphatic heterocycles. The Morgan fingerprint density at radius 3 is 2.57 bits per heavy atom. The fourth-order valence-corrected chi connectivity index (χ4v) is 8.03. The molecule has 5 rings (SSSR count). The second-order valence-electron chi connectivity index (χ2n) is 10.3. The third kappa shape index (κ3) is 4.81. The molecule has 0 spiro atoms. The van der Waals surface area contributed by atoms with Crippen LogP contribution < -0.4 is 10.6 Å². The number of anilines is 1. The van der Waals surface area contributed by atoms with Crippen LogP contribution in [0.15, 0.2) is 55.7 Å². The first-order valence-electron chi connectivity index (χ1n) is 12.0. The van der Waals surface area contributed by atoms with Crippen LogP contribution in [0.2, 0.25) is 0 Å². The maximum atomic E-state index is 13.6. The molecule has 2 N–H and O–H groups in total. The summed E-state index contributed by atoms with van der Waals surface area (Å²) in [6, 6.07) is 10.1. The number of benzene rings is 1. The molecule has 1 fully saturated rings. The highest BCUT2D eigenvalue weighted by atomic mass is 79.9. The number of nitrogens with two attached hydrogens (primary N) is 1. The number of hydrogen-bond acceptors (Lipinski definition) is 8. The quantitative estimate of drug-likeness (QED) is 0.439. The molecule has 1 unspecified atom stereocenters. The van der Waals surface area contributed by atoms with E-state index in [2.05, 4.69) is 46.0 Å². The van der Waals surface area contributed by atoms with Crippen molar-refractivity contribution in [3.05, 3.63) is 57.0 Å². The lowest BCUT2D eigenvalue weighted by Crippen LogP contribution is -2.42. The Hall–Kier alpha value is -2.15. The first kappa shape index (κ1) is 24.5. The number of aromatic nitrogens is 2. The van der Waals surface area contributed by atoms with Crippen molar-refractivity contribution < 1.29 is 4.79 Å². The number of rotatable bonds is 4. The molecule has 1 atom stereocenters. The zero-order valence-electron chi connectivity index (χ0n) is 19.9. The fraction of sp³-hybridized carbons (Fsp3) is 0.462. The molecule has 2 aromatic rings. The number of carbonyl (C=O) groups excluding carboxylic acids is 1. The molecule has 6 nitrogen and oxygen atoms in total. The minimum absolute atomic E-state index is 0.0655. The zero-order chi connectivity index (χ0) is 24.7. The number of halogens is 1. The van der Waals surface area contributed by atoms with Crippen LogP contribution in [0.3, 0.4) is 0 Å². The van der Waals surface area contributed by atoms with E-state index in [1.165, 1.54) is 43.4 Å². The van der Waals surface area contributed by atoms with Gasteiger partial charge in [0.05, 0.1) is 17.6 Å². The van der Waals surface area contributed by atoms with Crippen LogP contribution in [0.25, 0.3) is 0 Å². The molecular formula is C26H28BrN5OS2. The Balaban J connectivity index is 1.60. The maximum Gasteiger partial charge on any atom is 0.219 e. The van der Waals surface area contributed by atoms with E-state index in [1.807, 2.05) is 29.2 Å². The monoisotopic (exact) mass is 569 g/mol. The van der Waals surface area contributed by atoms with Gasteiger partial charge in [0.15, 0.2) is 10.1 Å². The van der Waals surface area contributed by atoms with Crippen LogP contribution in [-0.2, 0) is 4.79 Å². The van der Waals surface area contributed by atoms with Crippen LogP contribution in [0.5, 0.6) is 0 Å². The number of carbonyl (C=O) groups is 1. The lowest BCUT2D eigenvalue weighted by molar-refractivity contribution is -0.118. The van der Waals surface area contributed by atoms with E-state index >= 15 is 0 Å². The zero-order valence-corrected chi connectivity index (χ0v) is 23.1. The molecule has 9 heteroatoms. The largest absolute Gasteiger partial charge is 0.384 e. The van der Waals surface area contributed by atoms with E-state index < -0.39 is 5.92 Å². The van der Waals surface area contributed by atoms with Crippen LogP contribution in [0, 0.1) is 16.7 Å². The summed E-state index contributed by atoms with van der Waals surface area (Å²) in [5.74, 6) is -0.0715. The van der Waals surface area contributed by atoms with Gasteiger partial charge >= 0.3 is 0 Å². The smallest absolute Gasteiger partial charge is 0.219 e. The molecule has 3 aliphatic rings. The van der Waals surface area contributed by atoms with Crippen molar-refractivity contribution in [2.75, 3.05) is 4.90 Å². The molecule has 0 radical (unpaired) electrons. The van der Waals surface area contributed by atoms with Crippen molar-refractivity contribution in [3.63, 3.8) is 0 Å². The summed E-state index contributed by atoms with van der Waals surface area (Å²) in [5, 5.41) is 20.4. The van der Waals surface area contributed by atoms with Crippen LogP contribution in [0.4, 0.5) is 5.13 Å². The van der Waals surface area contributed by atoms with E-state index in [1.54, 1.807) is 11.8 Å². The Morgan fingerprint density at radius 1 is 1.17 bits per heavy atom. The number of thioether (sulfide) groups is 1. The van der Waals surface area contributed by atoms with Gasteiger partial charge in [0, 0.05) is 27.4 Å². The number of ketones is 1. The van der Waals surface area contributed by atoms with Gasteiger partial charge in [-0.25, -0.2) is 0 Å². The molecule has 0 amide bonds. The highest BCUT2D eigenvalue weighted by molar-refractivity contribution is 9.10. The maximum absolute atomic E-state index is 13.6. The number of nitriles is 1.